The molecule has 0 spiro atoms. The lowest BCUT2D eigenvalue weighted by atomic mass is 10.1. The second-order valence-electron chi connectivity index (χ2n) is 6.18. The Bertz CT molecular complexity index is 946. The van der Waals surface area contributed by atoms with E-state index < -0.39 is 6.10 Å². The lowest BCUT2D eigenvalue weighted by Crippen LogP contribution is -2.34. The van der Waals surface area contributed by atoms with Gasteiger partial charge < -0.3 is 15.1 Å². The zero-order valence-corrected chi connectivity index (χ0v) is 16.6. The van der Waals surface area contributed by atoms with Gasteiger partial charge in [-0.1, -0.05) is 19.1 Å². The molecule has 0 fully saturated rings. The maximum atomic E-state index is 13.1. The summed E-state index contributed by atoms with van der Waals surface area (Å²) in [5.74, 6) is 0.386. The van der Waals surface area contributed by atoms with Crippen molar-refractivity contribution in [3.63, 3.8) is 0 Å². The molecule has 0 saturated carbocycles. The highest BCUT2D eigenvalue weighted by molar-refractivity contribution is 7.17. The van der Waals surface area contributed by atoms with E-state index in [2.05, 4.69) is 15.0 Å². The molecule has 2 aromatic heterocycles. The molecule has 0 radical (unpaired) electrons. The largest absolute Gasteiger partial charge is 0.508 e. The van der Waals surface area contributed by atoms with Gasteiger partial charge >= 0.3 is 0 Å². The summed E-state index contributed by atoms with van der Waals surface area (Å²) in [7, 11) is 0. The second kappa shape index (κ2) is 8.90. The number of rotatable bonds is 7. The van der Waals surface area contributed by atoms with Crippen molar-refractivity contribution >= 4 is 17.2 Å². The van der Waals surface area contributed by atoms with E-state index in [-0.39, 0.29) is 18.2 Å². The number of aliphatic hydroxyl groups is 1. The minimum absolute atomic E-state index is 0.0779. The van der Waals surface area contributed by atoms with Gasteiger partial charge in [-0.05, 0) is 37.1 Å². The van der Waals surface area contributed by atoms with Crippen LogP contribution in [-0.4, -0.2) is 49.1 Å². The Labute approximate surface area is 167 Å². The number of thiazole rings is 1. The first-order chi connectivity index (χ1) is 13.5. The van der Waals surface area contributed by atoms with Gasteiger partial charge in [-0.3, -0.25) is 4.79 Å². The Balaban J connectivity index is 1.83. The van der Waals surface area contributed by atoms with Crippen molar-refractivity contribution in [2.24, 2.45) is 0 Å². The number of phenolic OH excluding ortho intramolecular Hbond substituents is 1. The molecule has 0 bridgehead atoms. The molecule has 8 heteroatoms. The summed E-state index contributed by atoms with van der Waals surface area (Å²) < 4.78 is 0. The number of aromatic nitrogens is 3. The van der Waals surface area contributed by atoms with Gasteiger partial charge in [-0.15, -0.1) is 11.3 Å². The highest BCUT2D eigenvalue weighted by Gasteiger charge is 2.25. The topological polar surface area (TPSA) is 99.4 Å². The molecule has 146 valence electrons. The zero-order chi connectivity index (χ0) is 20.1. The molecule has 0 aliphatic rings. The maximum Gasteiger partial charge on any atom is 0.265 e. The van der Waals surface area contributed by atoms with E-state index in [4.69, 9.17) is 0 Å². The van der Waals surface area contributed by atoms with Crippen molar-refractivity contribution in [1.82, 2.24) is 19.9 Å². The third-order valence-corrected chi connectivity index (χ3v) is 5.38. The lowest BCUT2D eigenvalue weighted by molar-refractivity contribution is 0.0638. The van der Waals surface area contributed by atoms with E-state index in [1.807, 2.05) is 13.8 Å². The fourth-order valence-corrected chi connectivity index (χ4v) is 3.88. The maximum absolute atomic E-state index is 13.1. The van der Waals surface area contributed by atoms with Crippen LogP contribution in [0.2, 0.25) is 0 Å². The fraction of sp³-hybridized carbons (Fsp3) is 0.300. The van der Waals surface area contributed by atoms with E-state index in [1.165, 1.54) is 23.5 Å². The van der Waals surface area contributed by atoms with Gasteiger partial charge in [0.2, 0.25) is 0 Å². The summed E-state index contributed by atoms with van der Waals surface area (Å²) in [6, 6.07) is 8.15. The molecule has 3 aromatic rings. The quantitative estimate of drug-likeness (QED) is 0.635. The number of aromatic hydroxyl groups is 1. The van der Waals surface area contributed by atoms with Crippen LogP contribution in [0.5, 0.6) is 5.75 Å². The van der Waals surface area contributed by atoms with Crippen molar-refractivity contribution in [2.45, 2.75) is 26.4 Å². The van der Waals surface area contributed by atoms with Crippen molar-refractivity contribution in [2.75, 3.05) is 13.1 Å². The van der Waals surface area contributed by atoms with Gasteiger partial charge in [0.1, 0.15) is 10.6 Å². The third-order valence-electron chi connectivity index (χ3n) is 4.30. The number of aliphatic hydroxyl groups excluding tert-OH is 1. The number of amides is 1. The fourth-order valence-electron chi connectivity index (χ4n) is 2.81. The summed E-state index contributed by atoms with van der Waals surface area (Å²) in [6.45, 7) is 4.37. The summed E-state index contributed by atoms with van der Waals surface area (Å²) in [6.07, 6.45) is 2.99. The predicted octanol–water partition coefficient (Wildman–Crippen LogP) is 3.06. The minimum atomic E-state index is -0.897. The molecule has 3 rings (SSSR count). The average Bonchev–Trinajstić information content (AvgIpc) is 3.16. The lowest BCUT2D eigenvalue weighted by Gasteiger charge is -2.24. The van der Waals surface area contributed by atoms with Crippen molar-refractivity contribution in [3.05, 3.63) is 58.9 Å². The molecule has 1 aromatic carbocycles. The summed E-state index contributed by atoms with van der Waals surface area (Å²) in [4.78, 5) is 28.2. The highest BCUT2D eigenvalue weighted by Crippen LogP contribution is 2.28. The molecule has 28 heavy (non-hydrogen) atoms. The minimum Gasteiger partial charge on any atom is -0.508 e. The summed E-state index contributed by atoms with van der Waals surface area (Å²) >= 11 is 1.27. The zero-order valence-electron chi connectivity index (χ0n) is 15.7. The second-order valence-corrected chi connectivity index (χ2v) is 7.17. The molecule has 2 heterocycles. The molecule has 0 aliphatic carbocycles. The van der Waals surface area contributed by atoms with Crippen LogP contribution in [-0.2, 0) is 6.42 Å². The number of carbonyl (C=O) groups is 1. The number of likely N-dealkylation sites (N-methyl/N-ethyl adjacent to an activating group) is 1. The Morgan fingerprint density at radius 3 is 2.61 bits per heavy atom. The van der Waals surface area contributed by atoms with Crippen molar-refractivity contribution in [3.8, 4) is 16.6 Å². The van der Waals surface area contributed by atoms with E-state index in [9.17, 15) is 15.0 Å². The van der Waals surface area contributed by atoms with Gasteiger partial charge in [-0.2, -0.15) is 0 Å². The number of benzene rings is 1. The molecule has 1 atom stereocenters. The van der Waals surface area contributed by atoms with E-state index >= 15 is 0 Å². The van der Waals surface area contributed by atoms with Crippen LogP contribution in [0.15, 0.2) is 42.7 Å². The van der Waals surface area contributed by atoms with Crippen molar-refractivity contribution in [1.29, 1.82) is 0 Å². The SMILES string of the molecule is CCc1nc(-c2ncccn2)sc1C(=O)N(CC)CC(O)c1cccc(O)c1. The first-order valence-corrected chi connectivity index (χ1v) is 9.88. The Morgan fingerprint density at radius 2 is 1.96 bits per heavy atom. The first kappa shape index (κ1) is 19.9. The van der Waals surface area contributed by atoms with Crippen LogP contribution in [0.3, 0.4) is 0 Å². The normalized spacial score (nSPS) is 12.0. The molecule has 7 nitrogen and oxygen atoms in total. The van der Waals surface area contributed by atoms with Gasteiger partial charge in [0.25, 0.3) is 5.91 Å². The molecule has 0 saturated heterocycles. The Hall–Kier alpha value is -2.84. The highest BCUT2D eigenvalue weighted by atomic mass is 32.1. The Morgan fingerprint density at radius 1 is 1.21 bits per heavy atom. The predicted molar refractivity (Wildman–Crippen MR) is 107 cm³/mol. The summed E-state index contributed by atoms with van der Waals surface area (Å²) in [5, 5.41) is 20.7. The molecular formula is C20H22N4O3S. The summed E-state index contributed by atoms with van der Waals surface area (Å²) in [5.41, 5.74) is 1.26. The molecule has 0 aliphatic heterocycles. The van der Waals surface area contributed by atoms with E-state index in [0.717, 1.165) is 0 Å². The number of carbonyl (C=O) groups excluding carboxylic acids is 1. The van der Waals surface area contributed by atoms with Crippen LogP contribution in [0.4, 0.5) is 0 Å². The van der Waals surface area contributed by atoms with Crippen LogP contribution in [0.25, 0.3) is 10.8 Å². The van der Waals surface area contributed by atoms with Gasteiger partial charge in [0, 0.05) is 18.9 Å². The number of hydrogen-bond donors (Lipinski definition) is 2. The molecular weight excluding hydrogens is 376 g/mol. The number of aryl methyl sites for hydroxylation is 1. The van der Waals surface area contributed by atoms with Gasteiger partial charge in [0.05, 0.1) is 18.3 Å². The molecule has 1 amide bonds. The average molecular weight is 398 g/mol. The van der Waals surface area contributed by atoms with Crippen molar-refractivity contribution < 1.29 is 15.0 Å². The third kappa shape index (κ3) is 4.35. The molecule has 2 N–H and O–H groups in total. The number of hydrogen-bond acceptors (Lipinski definition) is 7. The van der Waals surface area contributed by atoms with Gasteiger partial charge in [-0.25, -0.2) is 15.0 Å². The first-order valence-electron chi connectivity index (χ1n) is 9.06. The van der Waals surface area contributed by atoms with E-state index in [1.54, 1.807) is 35.5 Å². The number of nitrogens with zero attached hydrogens (tertiary/aromatic N) is 4. The Kier molecular flexibility index (Phi) is 6.33. The van der Waals surface area contributed by atoms with Gasteiger partial charge in [0.15, 0.2) is 10.8 Å². The monoisotopic (exact) mass is 398 g/mol. The number of phenols is 1. The van der Waals surface area contributed by atoms with E-state index in [0.29, 0.717) is 39.9 Å². The van der Waals surface area contributed by atoms with Crippen LogP contribution >= 0.6 is 11.3 Å². The van der Waals surface area contributed by atoms with Crippen LogP contribution < -0.4 is 0 Å². The smallest absolute Gasteiger partial charge is 0.265 e. The van der Waals surface area contributed by atoms with Crippen LogP contribution in [0.1, 0.15) is 40.9 Å². The van der Waals surface area contributed by atoms with Crippen LogP contribution in [0, 0.1) is 0 Å². The standard InChI is InChI=1S/C20H22N4O3S/c1-3-15-17(28-19(23-15)18-21-9-6-10-22-18)20(27)24(4-2)12-16(26)13-7-5-8-14(25)11-13/h5-11,16,25-26H,3-4,12H2,1-2H3. The molecule has 1 unspecified atom stereocenters.